The number of hydrogen-bond donors (Lipinski definition) is 2. The average Bonchev–Trinajstić information content (AvgIpc) is 3.09. The summed E-state index contributed by atoms with van der Waals surface area (Å²) in [6.07, 6.45) is 0. The van der Waals surface area contributed by atoms with E-state index in [1.807, 2.05) is 36.4 Å². The molecule has 0 aliphatic heterocycles. The molecule has 0 saturated heterocycles. The monoisotopic (exact) mass is 445 g/mol. The van der Waals surface area contributed by atoms with Crippen molar-refractivity contribution in [2.24, 2.45) is 0 Å². The molecule has 0 aliphatic carbocycles. The van der Waals surface area contributed by atoms with Gasteiger partial charge in [0.15, 0.2) is 5.82 Å². The maximum Gasteiger partial charge on any atom is 0.295 e. The van der Waals surface area contributed by atoms with Gasteiger partial charge in [-0.3, -0.25) is 0 Å². The fraction of sp³-hybridized carbons (Fsp3) is 0.0500. The number of aromatic nitrogens is 2. The molecule has 1 heterocycles. The van der Waals surface area contributed by atoms with Crippen LogP contribution in [0.2, 0.25) is 5.02 Å². The number of aromatic amines is 1. The highest BCUT2D eigenvalue weighted by molar-refractivity contribution is 9.10. The summed E-state index contributed by atoms with van der Waals surface area (Å²) in [4.78, 5) is 7.22. The summed E-state index contributed by atoms with van der Waals surface area (Å²) < 4.78 is 21.4. The lowest BCUT2D eigenvalue weighted by Crippen LogP contribution is -1.96. The molecule has 4 rings (SSSR count). The molecule has 0 fully saturated rings. The highest BCUT2D eigenvalue weighted by atomic mass is 79.9. The molecule has 0 spiro atoms. The Labute approximate surface area is 168 Å². The van der Waals surface area contributed by atoms with Crippen molar-refractivity contribution < 1.29 is 9.13 Å². The number of benzene rings is 3. The lowest BCUT2D eigenvalue weighted by molar-refractivity contribution is 0.284. The number of ether oxygens (including phenoxy) is 1. The molecule has 0 atom stereocenters. The van der Waals surface area contributed by atoms with E-state index in [1.54, 1.807) is 24.3 Å². The number of hydrogen-bond acceptors (Lipinski definition) is 3. The second kappa shape index (κ2) is 7.58. The van der Waals surface area contributed by atoms with Crippen LogP contribution >= 0.6 is 27.5 Å². The summed E-state index contributed by atoms with van der Waals surface area (Å²) in [5.74, 6) is -0.475. The fourth-order valence-electron chi connectivity index (χ4n) is 2.65. The van der Waals surface area contributed by atoms with Crippen LogP contribution in [0.5, 0.6) is 6.01 Å². The minimum atomic E-state index is -0.475. The molecule has 2 N–H and O–H groups in total. The van der Waals surface area contributed by atoms with Gasteiger partial charge in [-0.05, 0) is 35.9 Å². The Bertz CT molecular complexity index is 1100. The van der Waals surface area contributed by atoms with Gasteiger partial charge in [0.25, 0.3) is 6.01 Å². The molecule has 1 aromatic heterocycles. The number of anilines is 2. The third-order valence-corrected chi connectivity index (χ3v) is 4.80. The van der Waals surface area contributed by atoms with E-state index in [1.165, 1.54) is 0 Å². The Kier molecular flexibility index (Phi) is 5.01. The van der Waals surface area contributed by atoms with Crippen molar-refractivity contribution in [3.05, 3.63) is 81.5 Å². The Morgan fingerprint density at radius 2 is 1.85 bits per heavy atom. The van der Waals surface area contributed by atoms with Gasteiger partial charge >= 0.3 is 0 Å². The summed E-state index contributed by atoms with van der Waals surface area (Å²) in [6, 6.07) is 18.7. The molecule has 4 nitrogen and oxygen atoms in total. The zero-order valence-electron chi connectivity index (χ0n) is 14.0. The predicted octanol–water partition coefficient (Wildman–Crippen LogP) is 6.44. The number of nitrogens with one attached hydrogen (secondary N) is 2. The van der Waals surface area contributed by atoms with E-state index in [2.05, 4.69) is 31.2 Å². The van der Waals surface area contributed by atoms with Crippen LogP contribution < -0.4 is 10.1 Å². The molecule has 0 amide bonds. The fourth-order valence-corrected chi connectivity index (χ4v) is 3.37. The van der Waals surface area contributed by atoms with Crippen LogP contribution in [0.4, 0.5) is 15.8 Å². The van der Waals surface area contributed by atoms with Crippen LogP contribution in [0.1, 0.15) is 5.56 Å². The number of halogens is 3. The predicted molar refractivity (Wildman–Crippen MR) is 109 cm³/mol. The standard InChI is InChI=1S/C20H14BrClFN3O/c21-13-6-7-15(14(22)10-13)24-16-8-9-17-19(18(16)23)26-20(25-17)27-11-12-4-2-1-3-5-12/h1-10,24H,11H2,(H,25,26). The molecule has 0 bridgehead atoms. The van der Waals surface area contributed by atoms with Crippen LogP contribution in [-0.4, -0.2) is 9.97 Å². The SMILES string of the molecule is Fc1c(Nc2ccc(Br)cc2Cl)ccc2[nH]c(OCc3ccccc3)nc12. The van der Waals surface area contributed by atoms with Crippen molar-refractivity contribution in [3.8, 4) is 6.01 Å². The van der Waals surface area contributed by atoms with Gasteiger partial charge in [0.1, 0.15) is 12.1 Å². The van der Waals surface area contributed by atoms with E-state index < -0.39 is 5.82 Å². The van der Waals surface area contributed by atoms with E-state index in [9.17, 15) is 4.39 Å². The Hall–Kier alpha value is -2.57. The van der Waals surface area contributed by atoms with Crippen molar-refractivity contribution in [3.63, 3.8) is 0 Å². The van der Waals surface area contributed by atoms with E-state index >= 15 is 0 Å². The van der Waals surface area contributed by atoms with Crippen LogP contribution in [0.25, 0.3) is 11.0 Å². The average molecular weight is 447 g/mol. The number of fused-ring (bicyclic) bond motifs is 1. The lowest BCUT2D eigenvalue weighted by atomic mass is 10.2. The second-order valence-corrected chi connectivity index (χ2v) is 7.21. The van der Waals surface area contributed by atoms with E-state index in [-0.39, 0.29) is 17.2 Å². The zero-order chi connectivity index (χ0) is 18.8. The first-order valence-corrected chi connectivity index (χ1v) is 9.34. The molecule has 0 radical (unpaired) electrons. The van der Waals surface area contributed by atoms with E-state index in [0.29, 0.717) is 22.8 Å². The van der Waals surface area contributed by atoms with Gasteiger partial charge in [-0.1, -0.05) is 57.9 Å². The van der Waals surface area contributed by atoms with Crippen LogP contribution in [0.3, 0.4) is 0 Å². The van der Waals surface area contributed by atoms with Crippen LogP contribution in [0, 0.1) is 5.82 Å². The number of H-pyrrole nitrogens is 1. The van der Waals surface area contributed by atoms with Gasteiger partial charge in [0.2, 0.25) is 0 Å². The number of rotatable bonds is 5. The van der Waals surface area contributed by atoms with Gasteiger partial charge in [-0.2, -0.15) is 4.98 Å². The smallest absolute Gasteiger partial charge is 0.295 e. The van der Waals surface area contributed by atoms with Crippen molar-refractivity contribution >= 4 is 49.9 Å². The molecule has 0 saturated carbocycles. The molecule has 136 valence electrons. The van der Waals surface area contributed by atoms with Crippen molar-refractivity contribution in [1.82, 2.24) is 9.97 Å². The molecule has 3 aromatic carbocycles. The maximum absolute atomic E-state index is 14.9. The molecular formula is C20H14BrClFN3O. The highest BCUT2D eigenvalue weighted by Gasteiger charge is 2.14. The first-order chi connectivity index (χ1) is 13.1. The summed E-state index contributed by atoms with van der Waals surface area (Å²) in [5, 5.41) is 3.49. The Morgan fingerprint density at radius 1 is 1.07 bits per heavy atom. The van der Waals surface area contributed by atoms with Crippen molar-refractivity contribution in [2.75, 3.05) is 5.32 Å². The van der Waals surface area contributed by atoms with Gasteiger partial charge in [-0.15, -0.1) is 0 Å². The molecule has 4 aromatic rings. The van der Waals surface area contributed by atoms with Gasteiger partial charge < -0.3 is 15.0 Å². The topological polar surface area (TPSA) is 49.9 Å². The summed E-state index contributed by atoms with van der Waals surface area (Å²) in [7, 11) is 0. The Balaban J connectivity index is 1.58. The van der Waals surface area contributed by atoms with Gasteiger partial charge in [0, 0.05) is 4.47 Å². The maximum atomic E-state index is 14.9. The normalized spacial score (nSPS) is 10.9. The summed E-state index contributed by atoms with van der Waals surface area (Å²) >= 11 is 9.55. The number of imidazole rings is 1. The molecule has 0 aliphatic rings. The first-order valence-electron chi connectivity index (χ1n) is 8.17. The minimum Gasteiger partial charge on any atom is -0.460 e. The lowest BCUT2D eigenvalue weighted by Gasteiger charge is -2.09. The third kappa shape index (κ3) is 3.91. The van der Waals surface area contributed by atoms with Crippen LogP contribution in [-0.2, 0) is 6.61 Å². The minimum absolute atomic E-state index is 0.205. The quantitative estimate of drug-likeness (QED) is 0.371. The largest absolute Gasteiger partial charge is 0.460 e. The van der Waals surface area contributed by atoms with E-state index in [0.717, 1.165) is 10.0 Å². The number of nitrogens with zero attached hydrogens (tertiary/aromatic N) is 1. The Morgan fingerprint density at radius 3 is 2.63 bits per heavy atom. The van der Waals surface area contributed by atoms with Crippen LogP contribution in [0.15, 0.2) is 65.1 Å². The van der Waals surface area contributed by atoms with Crippen molar-refractivity contribution in [1.29, 1.82) is 0 Å². The second-order valence-electron chi connectivity index (χ2n) is 5.89. The first kappa shape index (κ1) is 17.8. The summed E-state index contributed by atoms with van der Waals surface area (Å²) in [5.41, 5.74) is 2.66. The van der Waals surface area contributed by atoms with Gasteiger partial charge in [-0.25, -0.2) is 4.39 Å². The van der Waals surface area contributed by atoms with E-state index in [4.69, 9.17) is 16.3 Å². The zero-order valence-corrected chi connectivity index (χ0v) is 16.3. The third-order valence-electron chi connectivity index (χ3n) is 3.99. The molecular weight excluding hydrogens is 433 g/mol. The van der Waals surface area contributed by atoms with Crippen molar-refractivity contribution in [2.45, 2.75) is 6.61 Å². The molecule has 7 heteroatoms. The summed E-state index contributed by atoms with van der Waals surface area (Å²) in [6.45, 7) is 0.349. The molecule has 27 heavy (non-hydrogen) atoms. The highest BCUT2D eigenvalue weighted by Crippen LogP contribution is 2.32. The molecule has 0 unspecified atom stereocenters. The van der Waals surface area contributed by atoms with Gasteiger partial charge in [0.05, 0.1) is 21.9 Å².